The third-order valence-electron chi connectivity index (χ3n) is 3.14. The van der Waals surface area contributed by atoms with Crippen molar-refractivity contribution in [3.63, 3.8) is 0 Å². The molecule has 0 amide bonds. The van der Waals surface area contributed by atoms with E-state index in [9.17, 15) is 5.11 Å². The van der Waals surface area contributed by atoms with Gasteiger partial charge in [-0.05, 0) is 38.8 Å². The Balaban J connectivity index is 1.57. The first-order valence-electron chi connectivity index (χ1n) is 5.98. The van der Waals surface area contributed by atoms with E-state index in [0.717, 1.165) is 13.1 Å². The summed E-state index contributed by atoms with van der Waals surface area (Å²) in [4.78, 5) is 2.39. The Morgan fingerprint density at radius 3 is 2.57 bits per heavy atom. The second kappa shape index (κ2) is 5.10. The van der Waals surface area contributed by atoms with Crippen LogP contribution in [-0.4, -0.2) is 48.3 Å². The molecule has 0 aromatic carbocycles. The van der Waals surface area contributed by atoms with Crippen LogP contribution in [0, 0.1) is 0 Å². The van der Waals surface area contributed by atoms with Crippen molar-refractivity contribution in [2.75, 3.05) is 26.2 Å². The molecule has 0 unspecified atom stereocenters. The van der Waals surface area contributed by atoms with Gasteiger partial charge in [0.25, 0.3) is 0 Å². The molecule has 1 heterocycles. The zero-order chi connectivity index (χ0) is 9.80. The van der Waals surface area contributed by atoms with E-state index < -0.39 is 0 Å². The molecule has 3 nitrogen and oxygen atoms in total. The molecule has 2 rings (SSSR count). The van der Waals surface area contributed by atoms with Crippen molar-refractivity contribution >= 4 is 0 Å². The Hall–Kier alpha value is -0.120. The van der Waals surface area contributed by atoms with Gasteiger partial charge < -0.3 is 15.3 Å². The van der Waals surface area contributed by atoms with Crippen molar-refractivity contribution in [1.29, 1.82) is 0 Å². The summed E-state index contributed by atoms with van der Waals surface area (Å²) >= 11 is 0. The summed E-state index contributed by atoms with van der Waals surface area (Å²) in [5, 5.41) is 13.1. The van der Waals surface area contributed by atoms with Gasteiger partial charge >= 0.3 is 0 Å². The molecule has 0 spiro atoms. The molecule has 82 valence electrons. The van der Waals surface area contributed by atoms with Crippen LogP contribution in [-0.2, 0) is 0 Å². The Kier molecular flexibility index (Phi) is 3.79. The van der Waals surface area contributed by atoms with Crippen LogP contribution in [0.3, 0.4) is 0 Å². The predicted octanol–water partition coefficient (Wildman–Crippen LogP) is 0.585. The van der Waals surface area contributed by atoms with Crippen LogP contribution in [0.1, 0.15) is 32.1 Å². The van der Waals surface area contributed by atoms with Crippen molar-refractivity contribution in [2.24, 2.45) is 0 Å². The molecule has 2 aliphatic rings. The lowest BCUT2D eigenvalue weighted by Gasteiger charge is -2.28. The van der Waals surface area contributed by atoms with E-state index in [2.05, 4.69) is 10.2 Å². The SMILES string of the molecule is O[C@H](CNC1CC1)CN1CCCCC1. The second-order valence-corrected chi connectivity index (χ2v) is 4.70. The van der Waals surface area contributed by atoms with Crippen LogP contribution in [0.2, 0.25) is 0 Å². The number of hydrogen-bond donors (Lipinski definition) is 2. The molecule has 0 aromatic heterocycles. The predicted molar refractivity (Wildman–Crippen MR) is 57.3 cm³/mol. The molecule has 0 bridgehead atoms. The maximum Gasteiger partial charge on any atom is 0.0791 e. The molecule has 3 heteroatoms. The molecule has 2 N–H and O–H groups in total. The topological polar surface area (TPSA) is 35.5 Å². The summed E-state index contributed by atoms with van der Waals surface area (Å²) in [5.41, 5.74) is 0. The third kappa shape index (κ3) is 3.56. The number of nitrogens with one attached hydrogen (secondary N) is 1. The lowest BCUT2D eigenvalue weighted by Crippen LogP contribution is -2.41. The van der Waals surface area contributed by atoms with Crippen LogP contribution in [0.25, 0.3) is 0 Å². The summed E-state index contributed by atoms with van der Waals surface area (Å²) < 4.78 is 0. The highest BCUT2D eigenvalue weighted by atomic mass is 16.3. The summed E-state index contributed by atoms with van der Waals surface area (Å²) in [6.45, 7) is 4.00. The van der Waals surface area contributed by atoms with Gasteiger partial charge in [0, 0.05) is 19.1 Å². The minimum Gasteiger partial charge on any atom is -0.390 e. The van der Waals surface area contributed by atoms with E-state index in [1.807, 2.05) is 0 Å². The maximum atomic E-state index is 9.77. The van der Waals surface area contributed by atoms with Gasteiger partial charge in [0.05, 0.1) is 6.10 Å². The minimum absolute atomic E-state index is 0.173. The van der Waals surface area contributed by atoms with E-state index in [4.69, 9.17) is 0 Å². The van der Waals surface area contributed by atoms with Crippen LogP contribution in [0.5, 0.6) is 0 Å². The molecule has 1 atom stereocenters. The van der Waals surface area contributed by atoms with E-state index in [-0.39, 0.29) is 6.10 Å². The number of aliphatic hydroxyl groups is 1. The average Bonchev–Trinajstić information content (AvgIpc) is 3.00. The molecule has 2 fully saturated rings. The Morgan fingerprint density at radius 2 is 1.93 bits per heavy atom. The van der Waals surface area contributed by atoms with E-state index >= 15 is 0 Å². The van der Waals surface area contributed by atoms with Crippen molar-refractivity contribution in [1.82, 2.24) is 10.2 Å². The number of β-amino-alcohol motifs (C(OH)–C–C–N with tert-alkyl or cyclic N) is 1. The number of likely N-dealkylation sites (tertiary alicyclic amines) is 1. The van der Waals surface area contributed by atoms with Crippen molar-refractivity contribution in [2.45, 2.75) is 44.2 Å². The smallest absolute Gasteiger partial charge is 0.0791 e. The summed E-state index contributed by atoms with van der Waals surface area (Å²) in [6, 6.07) is 0.714. The van der Waals surface area contributed by atoms with Crippen LogP contribution in [0.15, 0.2) is 0 Å². The zero-order valence-corrected chi connectivity index (χ0v) is 8.91. The van der Waals surface area contributed by atoms with Crippen LogP contribution < -0.4 is 5.32 Å². The molecular weight excluding hydrogens is 176 g/mol. The molecule has 1 saturated heterocycles. The molecule has 0 aromatic rings. The normalized spacial score (nSPS) is 26.4. The lowest BCUT2D eigenvalue weighted by atomic mass is 10.1. The van der Waals surface area contributed by atoms with Crippen molar-refractivity contribution in [3.05, 3.63) is 0 Å². The van der Waals surface area contributed by atoms with Gasteiger partial charge in [-0.25, -0.2) is 0 Å². The fraction of sp³-hybridized carbons (Fsp3) is 1.00. The van der Waals surface area contributed by atoms with Crippen molar-refractivity contribution < 1.29 is 5.11 Å². The molecule has 1 aliphatic heterocycles. The Bertz CT molecular complexity index is 165. The second-order valence-electron chi connectivity index (χ2n) is 4.70. The van der Waals surface area contributed by atoms with Gasteiger partial charge in [-0.1, -0.05) is 6.42 Å². The van der Waals surface area contributed by atoms with Crippen LogP contribution >= 0.6 is 0 Å². The molecular formula is C11H22N2O. The Morgan fingerprint density at radius 1 is 1.21 bits per heavy atom. The highest BCUT2D eigenvalue weighted by Gasteiger charge is 2.22. The van der Waals surface area contributed by atoms with Gasteiger partial charge in [-0.2, -0.15) is 0 Å². The van der Waals surface area contributed by atoms with Gasteiger partial charge in [-0.3, -0.25) is 0 Å². The highest BCUT2D eigenvalue weighted by molar-refractivity contribution is 4.82. The first-order valence-corrected chi connectivity index (χ1v) is 5.98. The van der Waals surface area contributed by atoms with Gasteiger partial charge in [0.2, 0.25) is 0 Å². The molecule has 14 heavy (non-hydrogen) atoms. The third-order valence-corrected chi connectivity index (χ3v) is 3.14. The fourth-order valence-electron chi connectivity index (χ4n) is 2.09. The number of aliphatic hydroxyl groups excluding tert-OH is 1. The standard InChI is InChI=1S/C11H22N2O/c14-11(8-12-10-4-5-10)9-13-6-2-1-3-7-13/h10-12,14H,1-9H2/t11-/m1/s1. The minimum atomic E-state index is -0.173. The number of hydrogen-bond acceptors (Lipinski definition) is 3. The summed E-state index contributed by atoms with van der Waals surface area (Å²) in [7, 11) is 0. The van der Waals surface area contributed by atoms with E-state index in [1.54, 1.807) is 0 Å². The Labute approximate surface area is 86.5 Å². The average molecular weight is 198 g/mol. The van der Waals surface area contributed by atoms with E-state index in [0.29, 0.717) is 6.04 Å². The highest BCUT2D eigenvalue weighted by Crippen LogP contribution is 2.18. The number of nitrogens with zero attached hydrogens (tertiary/aromatic N) is 1. The van der Waals surface area contributed by atoms with Gasteiger partial charge in [-0.15, -0.1) is 0 Å². The quantitative estimate of drug-likeness (QED) is 0.678. The monoisotopic (exact) mass is 198 g/mol. The van der Waals surface area contributed by atoms with Gasteiger partial charge in [0.1, 0.15) is 0 Å². The fourth-order valence-corrected chi connectivity index (χ4v) is 2.09. The molecule has 1 aliphatic carbocycles. The first kappa shape index (κ1) is 10.4. The lowest BCUT2D eigenvalue weighted by molar-refractivity contribution is 0.0999. The largest absolute Gasteiger partial charge is 0.390 e. The van der Waals surface area contributed by atoms with Gasteiger partial charge in [0.15, 0.2) is 0 Å². The number of piperidine rings is 1. The molecule has 1 saturated carbocycles. The van der Waals surface area contributed by atoms with Crippen LogP contribution in [0.4, 0.5) is 0 Å². The number of rotatable bonds is 5. The zero-order valence-electron chi connectivity index (χ0n) is 8.91. The van der Waals surface area contributed by atoms with Crippen molar-refractivity contribution in [3.8, 4) is 0 Å². The maximum absolute atomic E-state index is 9.77. The first-order chi connectivity index (χ1) is 6.84. The van der Waals surface area contributed by atoms with E-state index in [1.165, 1.54) is 45.2 Å². The molecule has 0 radical (unpaired) electrons. The summed E-state index contributed by atoms with van der Waals surface area (Å²) in [6.07, 6.45) is 6.42. The summed E-state index contributed by atoms with van der Waals surface area (Å²) in [5.74, 6) is 0.